The molecule has 1 aromatic carbocycles. The maximum atomic E-state index is 14.1. The van der Waals surface area contributed by atoms with E-state index in [-0.39, 0.29) is 41.8 Å². The highest BCUT2D eigenvalue weighted by Crippen LogP contribution is 2.41. The predicted molar refractivity (Wildman–Crippen MR) is 178 cm³/mol. The van der Waals surface area contributed by atoms with Gasteiger partial charge in [0.15, 0.2) is 17.2 Å². The number of morpholine rings is 1. The van der Waals surface area contributed by atoms with Crippen LogP contribution >= 0.6 is 0 Å². The molecular weight excluding hydrogens is 650 g/mol. The van der Waals surface area contributed by atoms with E-state index < -0.39 is 36.0 Å². The lowest BCUT2D eigenvalue weighted by molar-refractivity contribution is -0.228. The Kier molecular flexibility index (Phi) is 7.96. The number of carboxylic acid groups (broad SMARTS) is 1. The number of ether oxygens (including phenoxy) is 3. The van der Waals surface area contributed by atoms with E-state index in [0.29, 0.717) is 48.6 Å². The third kappa shape index (κ3) is 5.52. The number of alkyl halides is 2. The van der Waals surface area contributed by atoms with Crippen LogP contribution in [0.3, 0.4) is 0 Å². The Labute approximate surface area is 285 Å². The van der Waals surface area contributed by atoms with Crippen LogP contribution in [0.1, 0.15) is 42.4 Å². The van der Waals surface area contributed by atoms with Crippen molar-refractivity contribution in [3.8, 4) is 17.7 Å². The second-order valence-corrected chi connectivity index (χ2v) is 12.7. The van der Waals surface area contributed by atoms with Gasteiger partial charge in [-0.25, -0.2) is 28.5 Å². The molecule has 1 spiro atoms. The predicted octanol–water partition coefficient (Wildman–Crippen LogP) is 4.92. The summed E-state index contributed by atoms with van der Waals surface area (Å²) in [5, 5.41) is 10.8. The van der Waals surface area contributed by atoms with E-state index in [1.807, 2.05) is 25.1 Å². The second-order valence-electron chi connectivity index (χ2n) is 12.7. The Hall–Kier alpha value is -5.39. The quantitative estimate of drug-likeness (QED) is 0.244. The minimum atomic E-state index is -2.99. The number of aromatic nitrogens is 4. The summed E-state index contributed by atoms with van der Waals surface area (Å²) in [4.78, 5) is 33.5. The molecule has 4 aromatic heterocycles. The van der Waals surface area contributed by atoms with E-state index >= 15 is 0 Å². The maximum Gasteiger partial charge on any atom is 0.326 e. The van der Waals surface area contributed by atoms with Crippen LogP contribution in [0.25, 0.3) is 22.1 Å². The number of fused-ring (bicyclic) bond motifs is 3. The molecule has 1 N–H and O–H groups in total. The number of aliphatic carboxylic acids is 1. The van der Waals surface area contributed by atoms with Gasteiger partial charge >= 0.3 is 5.97 Å². The minimum Gasteiger partial charge on any atom is -0.480 e. The fourth-order valence-corrected chi connectivity index (χ4v) is 6.86. The topological polar surface area (TPSA) is 136 Å². The van der Waals surface area contributed by atoms with Crippen molar-refractivity contribution in [2.24, 2.45) is 0 Å². The molecule has 3 aliphatic rings. The standard InChI is InChI=1S/C36H32F2N6O6/c1-20-23(6-5-11-39-20)10-9-22-14-26(43-12-13-48-36(21(43)2)18-47-19-36)34(40-16-22)49-24-15-27(35(45)46)44(17-24)33-30-29(41-32(42-33)31(37)38)25-7-3-4-8-28(25)50-30/h3-8,11,14,16,21,24,27,31H,12-13,15,17-19H2,1-2H3,(H,45,46)/t21-,24-,27-/m0/s1. The van der Waals surface area contributed by atoms with Crippen molar-refractivity contribution in [2.45, 2.75) is 50.5 Å². The summed E-state index contributed by atoms with van der Waals surface area (Å²) in [7, 11) is 0. The Balaban J connectivity index is 1.16. The summed E-state index contributed by atoms with van der Waals surface area (Å²) in [6.07, 6.45) is -0.319. The number of para-hydroxylation sites is 1. The van der Waals surface area contributed by atoms with Crippen LogP contribution in [-0.2, 0) is 14.3 Å². The van der Waals surface area contributed by atoms with E-state index in [0.717, 1.165) is 11.3 Å². The molecule has 0 amide bonds. The molecule has 7 heterocycles. The summed E-state index contributed by atoms with van der Waals surface area (Å²) >= 11 is 0. The van der Waals surface area contributed by atoms with Gasteiger partial charge in [0, 0.05) is 41.9 Å². The molecule has 256 valence electrons. The summed E-state index contributed by atoms with van der Waals surface area (Å²) in [5.74, 6) is 4.76. The normalized spacial score (nSPS) is 21.4. The first-order chi connectivity index (χ1) is 24.2. The van der Waals surface area contributed by atoms with Crippen molar-refractivity contribution in [3.05, 3.63) is 77.5 Å². The van der Waals surface area contributed by atoms with Gasteiger partial charge in [0.2, 0.25) is 5.88 Å². The number of carbonyl (C=O) groups is 1. The van der Waals surface area contributed by atoms with Gasteiger partial charge < -0.3 is 33.5 Å². The lowest BCUT2D eigenvalue weighted by atomic mass is 9.90. The summed E-state index contributed by atoms with van der Waals surface area (Å²) in [6, 6.07) is 11.3. The number of benzene rings is 1. The highest BCUT2D eigenvalue weighted by Gasteiger charge is 2.50. The van der Waals surface area contributed by atoms with Crippen LogP contribution in [0.2, 0.25) is 0 Å². The molecule has 50 heavy (non-hydrogen) atoms. The van der Waals surface area contributed by atoms with Crippen LogP contribution in [0, 0.1) is 18.8 Å². The third-order valence-electron chi connectivity index (χ3n) is 9.65. The second kappa shape index (κ2) is 12.5. The number of pyridine rings is 2. The van der Waals surface area contributed by atoms with Crippen molar-refractivity contribution in [1.29, 1.82) is 0 Å². The molecule has 0 bridgehead atoms. The van der Waals surface area contributed by atoms with E-state index in [9.17, 15) is 18.7 Å². The average molecular weight is 683 g/mol. The first-order valence-corrected chi connectivity index (χ1v) is 16.3. The Morgan fingerprint density at radius 1 is 1.12 bits per heavy atom. The van der Waals surface area contributed by atoms with Crippen LogP contribution < -0.4 is 14.5 Å². The number of carboxylic acids is 1. The number of furan rings is 1. The Morgan fingerprint density at radius 2 is 1.96 bits per heavy atom. The number of nitrogens with zero attached hydrogens (tertiary/aromatic N) is 6. The van der Waals surface area contributed by atoms with Crippen molar-refractivity contribution in [1.82, 2.24) is 19.9 Å². The van der Waals surface area contributed by atoms with Crippen molar-refractivity contribution < 1.29 is 37.3 Å². The van der Waals surface area contributed by atoms with Gasteiger partial charge in [-0.2, -0.15) is 0 Å². The van der Waals surface area contributed by atoms with E-state index in [1.165, 1.54) is 4.90 Å². The molecular formula is C36H32F2N6O6. The first kappa shape index (κ1) is 31.9. The third-order valence-corrected chi connectivity index (χ3v) is 9.65. The van der Waals surface area contributed by atoms with Crippen molar-refractivity contribution in [2.75, 3.05) is 42.7 Å². The van der Waals surface area contributed by atoms with Crippen molar-refractivity contribution in [3.63, 3.8) is 0 Å². The first-order valence-electron chi connectivity index (χ1n) is 16.3. The van der Waals surface area contributed by atoms with E-state index in [2.05, 4.69) is 38.6 Å². The van der Waals surface area contributed by atoms with Crippen LogP contribution in [-0.4, -0.2) is 87.7 Å². The molecule has 0 radical (unpaired) electrons. The van der Waals surface area contributed by atoms with Gasteiger partial charge in [0.05, 0.1) is 38.1 Å². The largest absolute Gasteiger partial charge is 0.480 e. The molecule has 0 aliphatic carbocycles. The summed E-state index contributed by atoms with van der Waals surface area (Å²) < 4.78 is 52.4. The average Bonchev–Trinajstić information content (AvgIpc) is 3.69. The van der Waals surface area contributed by atoms with Crippen LogP contribution in [0.5, 0.6) is 5.88 Å². The molecule has 5 aromatic rings. The molecule has 3 atom stereocenters. The zero-order chi connectivity index (χ0) is 34.6. The van der Waals surface area contributed by atoms with Crippen molar-refractivity contribution >= 4 is 39.5 Å². The minimum absolute atomic E-state index is 0.0161. The highest BCUT2D eigenvalue weighted by molar-refractivity contribution is 6.06. The monoisotopic (exact) mass is 682 g/mol. The fourth-order valence-electron chi connectivity index (χ4n) is 6.86. The Morgan fingerprint density at radius 3 is 2.72 bits per heavy atom. The number of hydrogen-bond acceptors (Lipinski definition) is 11. The van der Waals surface area contributed by atoms with Crippen LogP contribution in [0.4, 0.5) is 20.3 Å². The molecule has 14 heteroatoms. The maximum absolute atomic E-state index is 14.1. The fraction of sp³-hybridized carbons (Fsp3) is 0.361. The molecule has 12 nitrogen and oxygen atoms in total. The summed E-state index contributed by atoms with van der Waals surface area (Å²) in [6.45, 7) is 5.91. The SMILES string of the molecule is Cc1ncccc1C#Cc1cnc(O[C@H]2C[C@@H](C(=O)O)N(c3nc(C(F)F)nc4c3oc3ccccc34)C2)c(N2CCOC3(COC3)[C@@H]2C)c1. The van der Waals surface area contributed by atoms with Gasteiger partial charge in [-0.05, 0) is 44.2 Å². The molecule has 0 unspecified atom stereocenters. The van der Waals surface area contributed by atoms with Gasteiger partial charge in [-0.15, -0.1) is 0 Å². The van der Waals surface area contributed by atoms with Gasteiger partial charge in [-0.3, -0.25) is 4.98 Å². The number of rotatable bonds is 6. The zero-order valence-corrected chi connectivity index (χ0v) is 27.2. The summed E-state index contributed by atoms with van der Waals surface area (Å²) in [5.41, 5.74) is 3.19. The molecule has 8 rings (SSSR count). The number of halogens is 2. The molecule has 3 fully saturated rings. The Bertz CT molecular complexity index is 2180. The molecule has 3 saturated heterocycles. The lowest BCUT2D eigenvalue weighted by Crippen LogP contribution is -2.68. The van der Waals surface area contributed by atoms with Gasteiger partial charge in [0.1, 0.15) is 34.5 Å². The van der Waals surface area contributed by atoms with Gasteiger partial charge in [-0.1, -0.05) is 24.0 Å². The smallest absolute Gasteiger partial charge is 0.326 e. The molecule has 3 aliphatic heterocycles. The highest BCUT2D eigenvalue weighted by atomic mass is 19.3. The van der Waals surface area contributed by atoms with Gasteiger partial charge in [0.25, 0.3) is 6.43 Å². The van der Waals surface area contributed by atoms with E-state index in [4.69, 9.17) is 23.6 Å². The number of anilines is 2. The van der Waals surface area contributed by atoms with Crippen LogP contribution in [0.15, 0.2) is 59.3 Å². The lowest BCUT2D eigenvalue weighted by Gasteiger charge is -2.53. The van der Waals surface area contributed by atoms with E-state index in [1.54, 1.807) is 36.7 Å². The zero-order valence-electron chi connectivity index (χ0n) is 27.2. The number of hydrogen-bond donors (Lipinski definition) is 1. The molecule has 0 saturated carbocycles. The number of aryl methyl sites for hydroxylation is 1.